The highest BCUT2D eigenvalue weighted by Gasteiger charge is 2.30. The average molecular weight is 1160 g/mol. The minimum absolute atomic E-state index is 0.105. The predicted octanol–water partition coefficient (Wildman–Crippen LogP) is 16.0. The lowest BCUT2D eigenvalue weighted by molar-refractivity contribution is -0.161. The van der Waals surface area contributed by atoms with Crippen molar-refractivity contribution in [3.63, 3.8) is 0 Å². The van der Waals surface area contributed by atoms with Crippen molar-refractivity contribution in [2.24, 2.45) is 0 Å². The average Bonchev–Trinajstić information content (AvgIpc) is 3.41. The number of phosphoric acid groups is 2. The molecule has 0 radical (unpaired) electrons. The van der Waals surface area contributed by atoms with Gasteiger partial charge in [-0.05, 0) is 25.7 Å². The third-order valence-electron chi connectivity index (χ3n) is 13.6. The molecule has 0 bridgehead atoms. The molecule has 0 aliphatic carbocycles. The molecule has 78 heavy (non-hydrogen) atoms. The molecule has 5 atom stereocenters. The fraction of sp³-hybridized carbons (Fsp3) is 0.932. The van der Waals surface area contributed by atoms with Crippen LogP contribution in [0.4, 0.5) is 0 Å². The third-order valence-corrected chi connectivity index (χ3v) is 15.5. The van der Waals surface area contributed by atoms with Crippen molar-refractivity contribution in [3.05, 3.63) is 0 Å². The smallest absolute Gasteiger partial charge is 0.462 e. The van der Waals surface area contributed by atoms with E-state index in [0.29, 0.717) is 25.7 Å². The van der Waals surface area contributed by atoms with Gasteiger partial charge in [0.25, 0.3) is 0 Å². The van der Waals surface area contributed by atoms with Gasteiger partial charge in [0.15, 0.2) is 12.2 Å². The van der Waals surface area contributed by atoms with Gasteiger partial charge >= 0.3 is 39.5 Å². The Morgan fingerprint density at radius 2 is 0.538 bits per heavy atom. The number of rotatable bonds is 60. The van der Waals surface area contributed by atoms with Gasteiger partial charge in [0.05, 0.1) is 26.4 Å². The lowest BCUT2D eigenvalue weighted by atomic mass is 10.0. The summed E-state index contributed by atoms with van der Waals surface area (Å²) in [7, 11) is -9.85. The first-order valence-electron chi connectivity index (χ1n) is 31.3. The van der Waals surface area contributed by atoms with E-state index in [4.69, 9.17) is 37.0 Å². The first kappa shape index (κ1) is 76.1. The minimum Gasteiger partial charge on any atom is -0.462 e. The standard InChI is InChI=1S/C59H114O17P2/c1-5-9-12-15-18-21-24-26-27-28-30-33-36-39-41-45-58(63)75-54(49-69-56(61)43-8-4)51-73-77(65,66)71-47-53(60)48-72-78(67,68)74-52-55(50-70-57(62)44-40-37-34-31-23-20-17-14-11-7-3)76-59(64)46-42-38-35-32-29-25-22-19-16-13-10-6-2/h53-55,60H,5-52H2,1-4H3,(H,65,66)(H,67,68)/t53-,54-,55-/m1/s1. The Kier molecular flexibility index (Phi) is 53.0. The summed E-state index contributed by atoms with van der Waals surface area (Å²) in [5, 5.41) is 10.4. The van der Waals surface area contributed by atoms with Crippen LogP contribution < -0.4 is 0 Å². The van der Waals surface area contributed by atoms with Gasteiger partial charge in [-0.3, -0.25) is 37.3 Å². The molecule has 0 saturated carbocycles. The fourth-order valence-electron chi connectivity index (χ4n) is 8.79. The summed E-state index contributed by atoms with van der Waals surface area (Å²) in [4.78, 5) is 71.1. The van der Waals surface area contributed by atoms with Crippen molar-refractivity contribution in [2.75, 3.05) is 39.6 Å². The number of unbranched alkanes of at least 4 members (excludes halogenated alkanes) is 34. The molecule has 462 valence electrons. The van der Waals surface area contributed by atoms with Crippen LogP contribution in [-0.2, 0) is 65.4 Å². The van der Waals surface area contributed by atoms with Crippen LogP contribution in [0.25, 0.3) is 0 Å². The van der Waals surface area contributed by atoms with Gasteiger partial charge in [-0.25, -0.2) is 9.13 Å². The highest BCUT2D eigenvalue weighted by atomic mass is 31.2. The lowest BCUT2D eigenvalue weighted by Gasteiger charge is -2.21. The summed E-state index contributed by atoms with van der Waals surface area (Å²) >= 11 is 0. The Morgan fingerprint density at radius 3 is 0.808 bits per heavy atom. The van der Waals surface area contributed by atoms with Gasteiger partial charge in [0, 0.05) is 25.7 Å². The summed E-state index contributed by atoms with van der Waals surface area (Å²) in [5.41, 5.74) is 0. The summed E-state index contributed by atoms with van der Waals surface area (Å²) in [5.74, 6) is -2.19. The van der Waals surface area contributed by atoms with Crippen molar-refractivity contribution < 1.29 is 80.2 Å². The Hall–Kier alpha value is -1.94. The second-order valence-electron chi connectivity index (χ2n) is 21.4. The number of aliphatic hydroxyl groups is 1. The molecule has 0 spiro atoms. The van der Waals surface area contributed by atoms with Crippen molar-refractivity contribution in [1.82, 2.24) is 0 Å². The number of ether oxygens (including phenoxy) is 4. The van der Waals surface area contributed by atoms with E-state index in [0.717, 1.165) is 70.6 Å². The van der Waals surface area contributed by atoms with Crippen molar-refractivity contribution in [2.45, 2.75) is 316 Å². The Morgan fingerprint density at radius 1 is 0.308 bits per heavy atom. The third kappa shape index (κ3) is 53.4. The van der Waals surface area contributed by atoms with Crippen molar-refractivity contribution >= 4 is 39.5 Å². The molecule has 0 heterocycles. The second-order valence-corrected chi connectivity index (χ2v) is 24.3. The molecule has 0 fully saturated rings. The van der Waals surface area contributed by atoms with E-state index < -0.39 is 97.5 Å². The number of esters is 4. The van der Waals surface area contributed by atoms with E-state index in [1.165, 1.54) is 148 Å². The molecule has 17 nitrogen and oxygen atoms in total. The number of hydrogen-bond acceptors (Lipinski definition) is 15. The maximum Gasteiger partial charge on any atom is 0.472 e. The molecule has 0 aromatic rings. The monoisotopic (exact) mass is 1160 g/mol. The molecule has 0 aliphatic heterocycles. The molecule has 0 saturated heterocycles. The SMILES string of the molecule is CCCCCCCCCCCCCCCCCC(=O)O[C@H](COC(=O)CCC)COP(=O)(O)OC[C@@H](O)COP(=O)(O)OC[C@@H](COC(=O)CCCCCCCCCCCC)OC(=O)CCCCCCCCCCCCCC. The van der Waals surface area contributed by atoms with Crippen LogP contribution in [0.1, 0.15) is 297 Å². The van der Waals surface area contributed by atoms with E-state index in [9.17, 15) is 43.2 Å². The predicted molar refractivity (Wildman–Crippen MR) is 308 cm³/mol. The van der Waals surface area contributed by atoms with E-state index in [2.05, 4.69) is 20.8 Å². The number of phosphoric ester groups is 2. The number of aliphatic hydroxyl groups excluding tert-OH is 1. The molecule has 2 unspecified atom stereocenters. The largest absolute Gasteiger partial charge is 0.472 e. The van der Waals surface area contributed by atoms with Crippen LogP contribution in [0.15, 0.2) is 0 Å². The first-order chi connectivity index (χ1) is 37.7. The molecule has 3 N–H and O–H groups in total. The molecular weight excluding hydrogens is 1040 g/mol. The van der Waals surface area contributed by atoms with E-state index >= 15 is 0 Å². The van der Waals surface area contributed by atoms with Crippen LogP contribution in [0.3, 0.4) is 0 Å². The van der Waals surface area contributed by atoms with Crippen LogP contribution in [-0.4, -0.2) is 96.7 Å². The van der Waals surface area contributed by atoms with E-state index in [1.807, 2.05) is 0 Å². The van der Waals surface area contributed by atoms with Crippen LogP contribution in [0.2, 0.25) is 0 Å². The number of carbonyl (C=O) groups excluding carboxylic acids is 4. The second kappa shape index (κ2) is 54.3. The maximum absolute atomic E-state index is 12.9. The highest BCUT2D eigenvalue weighted by Crippen LogP contribution is 2.45. The van der Waals surface area contributed by atoms with Gasteiger partial charge in [0.2, 0.25) is 0 Å². The summed E-state index contributed by atoms with van der Waals surface area (Å²) in [6, 6.07) is 0. The molecule has 0 aromatic carbocycles. The quantitative estimate of drug-likeness (QED) is 0.0222. The van der Waals surface area contributed by atoms with Gasteiger partial charge in [-0.1, -0.05) is 246 Å². The van der Waals surface area contributed by atoms with Gasteiger partial charge in [-0.15, -0.1) is 0 Å². The number of hydrogen-bond donors (Lipinski definition) is 3. The van der Waals surface area contributed by atoms with Crippen LogP contribution >= 0.6 is 15.6 Å². The van der Waals surface area contributed by atoms with Crippen molar-refractivity contribution in [1.29, 1.82) is 0 Å². The summed E-state index contributed by atoms with van der Waals surface area (Å²) in [6.45, 7) is 4.48. The maximum atomic E-state index is 12.9. The zero-order valence-electron chi connectivity index (χ0n) is 49.6. The Balaban J connectivity index is 4.99. The molecule has 0 aromatic heterocycles. The van der Waals surface area contributed by atoms with Gasteiger partial charge in [0.1, 0.15) is 19.3 Å². The lowest BCUT2D eigenvalue weighted by Crippen LogP contribution is -2.30. The zero-order chi connectivity index (χ0) is 57.6. The molecule has 0 aliphatic rings. The minimum atomic E-state index is -4.93. The van der Waals surface area contributed by atoms with Crippen LogP contribution in [0.5, 0.6) is 0 Å². The Labute approximate surface area is 473 Å². The van der Waals surface area contributed by atoms with Gasteiger partial charge in [-0.2, -0.15) is 0 Å². The summed E-state index contributed by atoms with van der Waals surface area (Å²) < 4.78 is 67.2. The summed E-state index contributed by atoms with van der Waals surface area (Å²) in [6.07, 6.45) is 39.1. The van der Waals surface area contributed by atoms with Crippen LogP contribution in [0, 0.1) is 0 Å². The van der Waals surface area contributed by atoms with E-state index in [-0.39, 0.29) is 25.7 Å². The Bertz CT molecular complexity index is 1520. The van der Waals surface area contributed by atoms with E-state index in [1.54, 1.807) is 6.92 Å². The topological polar surface area (TPSA) is 237 Å². The molecule has 0 rings (SSSR count). The normalized spacial score (nSPS) is 14.3. The molecule has 19 heteroatoms. The molecular formula is C59H114O17P2. The molecule has 0 amide bonds. The number of carbonyl (C=O) groups is 4. The zero-order valence-corrected chi connectivity index (χ0v) is 51.4. The van der Waals surface area contributed by atoms with Gasteiger partial charge < -0.3 is 33.8 Å². The van der Waals surface area contributed by atoms with Crippen molar-refractivity contribution in [3.8, 4) is 0 Å². The fourth-order valence-corrected chi connectivity index (χ4v) is 10.4. The first-order valence-corrected chi connectivity index (χ1v) is 34.3. The highest BCUT2D eigenvalue weighted by molar-refractivity contribution is 7.47.